The number of aryl methyl sites for hydroxylation is 2. The van der Waals surface area contributed by atoms with Gasteiger partial charge in [0.1, 0.15) is 0 Å². The van der Waals surface area contributed by atoms with E-state index in [1.165, 1.54) is 0 Å². The van der Waals surface area contributed by atoms with E-state index in [2.05, 4.69) is 41.8 Å². The monoisotopic (exact) mass is 356 g/mol. The lowest BCUT2D eigenvalue weighted by molar-refractivity contribution is -0.148. The highest BCUT2D eigenvalue weighted by Crippen LogP contribution is 2.46. The fourth-order valence-electron chi connectivity index (χ4n) is 3.52. The van der Waals surface area contributed by atoms with Crippen molar-refractivity contribution in [2.45, 2.75) is 65.8 Å². The second-order valence-corrected chi connectivity index (χ2v) is 6.95. The molecule has 1 fully saturated rings. The first-order valence-corrected chi connectivity index (χ1v) is 8.74. The average molecular weight is 357 g/mol. The second kappa shape index (κ2) is 6.51. The SMILES string of the molecule is CCc1nn(CC)c(CC2(C(=O)O)CCC(CC)C2)c1Br. The van der Waals surface area contributed by atoms with Gasteiger partial charge >= 0.3 is 5.97 Å². The molecule has 0 bridgehead atoms. The molecule has 0 spiro atoms. The lowest BCUT2D eigenvalue weighted by atomic mass is 9.80. The van der Waals surface area contributed by atoms with E-state index in [9.17, 15) is 9.90 Å². The van der Waals surface area contributed by atoms with E-state index < -0.39 is 11.4 Å². The minimum atomic E-state index is -0.646. The number of aromatic nitrogens is 2. The Labute approximate surface area is 135 Å². The molecular weight excluding hydrogens is 332 g/mol. The van der Waals surface area contributed by atoms with Gasteiger partial charge in [0.15, 0.2) is 0 Å². The van der Waals surface area contributed by atoms with Crippen LogP contribution in [0.3, 0.4) is 0 Å². The van der Waals surface area contributed by atoms with Crippen molar-refractivity contribution in [3.05, 3.63) is 15.9 Å². The first kappa shape index (κ1) is 16.5. The van der Waals surface area contributed by atoms with Crippen molar-refractivity contribution < 1.29 is 9.90 Å². The molecule has 1 saturated carbocycles. The number of carboxylic acids is 1. The molecular formula is C16H25BrN2O2. The van der Waals surface area contributed by atoms with Gasteiger partial charge in [-0.05, 0) is 54.5 Å². The van der Waals surface area contributed by atoms with Crippen LogP contribution in [0.5, 0.6) is 0 Å². The molecule has 1 aromatic heterocycles. The van der Waals surface area contributed by atoms with Gasteiger partial charge in [-0.15, -0.1) is 0 Å². The van der Waals surface area contributed by atoms with E-state index in [1.54, 1.807) is 0 Å². The Hall–Kier alpha value is -0.840. The quantitative estimate of drug-likeness (QED) is 0.836. The van der Waals surface area contributed by atoms with Gasteiger partial charge in [-0.1, -0.05) is 20.3 Å². The third-order valence-electron chi connectivity index (χ3n) is 4.94. The van der Waals surface area contributed by atoms with Gasteiger partial charge in [0.2, 0.25) is 0 Å². The maximum absolute atomic E-state index is 11.9. The maximum Gasteiger partial charge on any atom is 0.310 e. The van der Waals surface area contributed by atoms with Crippen LogP contribution in [0.4, 0.5) is 0 Å². The van der Waals surface area contributed by atoms with Crippen LogP contribution in [0.25, 0.3) is 0 Å². The smallest absolute Gasteiger partial charge is 0.310 e. The molecule has 21 heavy (non-hydrogen) atoms. The minimum absolute atomic E-state index is 0.545. The highest BCUT2D eigenvalue weighted by Gasteiger charge is 2.46. The Bertz CT molecular complexity index is 527. The lowest BCUT2D eigenvalue weighted by Gasteiger charge is -2.25. The van der Waals surface area contributed by atoms with Crippen LogP contribution in [0, 0.1) is 11.3 Å². The summed E-state index contributed by atoms with van der Waals surface area (Å²) in [7, 11) is 0. The summed E-state index contributed by atoms with van der Waals surface area (Å²) in [5, 5.41) is 14.4. The first-order valence-electron chi connectivity index (χ1n) is 7.94. The van der Waals surface area contributed by atoms with Gasteiger partial charge in [0.05, 0.1) is 21.3 Å². The van der Waals surface area contributed by atoms with Crippen molar-refractivity contribution in [3.8, 4) is 0 Å². The van der Waals surface area contributed by atoms with Crippen molar-refractivity contribution in [1.82, 2.24) is 9.78 Å². The molecule has 0 amide bonds. The molecule has 1 aromatic rings. The van der Waals surface area contributed by atoms with Crippen molar-refractivity contribution in [1.29, 1.82) is 0 Å². The van der Waals surface area contributed by atoms with E-state index in [1.807, 2.05) is 4.68 Å². The summed E-state index contributed by atoms with van der Waals surface area (Å²) >= 11 is 3.64. The molecule has 118 valence electrons. The van der Waals surface area contributed by atoms with E-state index in [0.29, 0.717) is 12.3 Å². The summed E-state index contributed by atoms with van der Waals surface area (Å²) in [4.78, 5) is 11.9. The third kappa shape index (κ3) is 3.03. The lowest BCUT2D eigenvalue weighted by Crippen LogP contribution is -2.32. The van der Waals surface area contributed by atoms with E-state index in [4.69, 9.17) is 0 Å². The fraction of sp³-hybridized carbons (Fsp3) is 0.750. The van der Waals surface area contributed by atoms with Crippen LogP contribution in [0.2, 0.25) is 0 Å². The van der Waals surface area contributed by atoms with Gasteiger partial charge < -0.3 is 5.11 Å². The zero-order valence-electron chi connectivity index (χ0n) is 13.2. The Balaban J connectivity index is 2.34. The molecule has 0 aliphatic heterocycles. The molecule has 5 heteroatoms. The van der Waals surface area contributed by atoms with Gasteiger partial charge in [0, 0.05) is 13.0 Å². The molecule has 2 atom stereocenters. The Morgan fingerprint density at radius 2 is 2.19 bits per heavy atom. The van der Waals surface area contributed by atoms with Crippen LogP contribution in [0.15, 0.2) is 4.47 Å². The number of nitrogens with zero attached hydrogens (tertiary/aromatic N) is 2. The normalized spacial score (nSPS) is 25.4. The van der Waals surface area contributed by atoms with E-state index in [-0.39, 0.29) is 0 Å². The van der Waals surface area contributed by atoms with Crippen molar-refractivity contribution in [3.63, 3.8) is 0 Å². The number of hydrogen-bond donors (Lipinski definition) is 1. The largest absolute Gasteiger partial charge is 0.481 e. The summed E-state index contributed by atoms with van der Waals surface area (Å²) in [5.41, 5.74) is 1.46. The average Bonchev–Trinajstić information content (AvgIpc) is 3.03. The van der Waals surface area contributed by atoms with Crippen LogP contribution in [-0.4, -0.2) is 20.9 Å². The Kier molecular flexibility index (Phi) is 5.12. The topological polar surface area (TPSA) is 55.1 Å². The summed E-state index contributed by atoms with van der Waals surface area (Å²) in [6, 6.07) is 0. The van der Waals surface area contributed by atoms with Gasteiger partial charge in [-0.2, -0.15) is 5.10 Å². The molecule has 0 aromatic carbocycles. The zero-order valence-corrected chi connectivity index (χ0v) is 14.7. The first-order chi connectivity index (χ1) is 9.97. The molecule has 4 nitrogen and oxygen atoms in total. The minimum Gasteiger partial charge on any atom is -0.481 e. The number of carboxylic acid groups (broad SMARTS) is 1. The van der Waals surface area contributed by atoms with Crippen LogP contribution < -0.4 is 0 Å². The summed E-state index contributed by atoms with van der Waals surface area (Å²) < 4.78 is 2.97. The molecule has 1 aliphatic carbocycles. The highest BCUT2D eigenvalue weighted by atomic mass is 79.9. The Morgan fingerprint density at radius 1 is 1.48 bits per heavy atom. The number of halogens is 1. The predicted octanol–water partition coefficient (Wildman–Crippen LogP) is 4.05. The molecule has 0 radical (unpaired) electrons. The van der Waals surface area contributed by atoms with Crippen molar-refractivity contribution >= 4 is 21.9 Å². The van der Waals surface area contributed by atoms with Gasteiger partial charge in [0.25, 0.3) is 0 Å². The standard InChI is InChI=1S/C16H25BrN2O2/c1-4-11-7-8-16(9-11,15(20)21)10-13-14(17)12(5-2)18-19(13)6-3/h11H,4-10H2,1-3H3,(H,20,21). The van der Waals surface area contributed by atoms with Crippen LogP contribution in [-0.2, 0) is 24.2 Å². The zero-order chi connectivity index (χ0) is 15.6. The number of hydrogen-bond acceptors (Lipinski definition) is 2. The molecule has 1 aliphatic rings. The summed E-state index contributed by atoms with van der Waals surface area (Å²) in [5.74, 6) is -0.101. The number of aliphatic carboxylic acids is 1. The molecule has 1 N–H and O–H groups in total. The van der Waals surface area contributed by atoms with Crippen LogP contribution in [0.1, 0.15) is 57.8 Å². The van der Waals surface area contributed by atoms with Crippen molar-refractivity contribution in [2.75, 3.05) is 0 Å². The van der Waals surface area contributed by atoms with Gasteiger partial charge in [-0.25, -0.2) is 0 Å². The molecule has 2 rings (SSSR count). The van der Waals surface area contributed by atoms with Crippen molar-refractivity contribution in [2.24, 2.45) is 11.3 Å². The number of carbonyl (C=O) groups is 1. The summed E-state index contributed by atoms with van der Waals surface area (Å²) in [6.45, 7) is 7.07. The third-order valence-corrected chi connectivity index (χ3v) is 5.86. The Morgan fingerprint density at radius 3 is 2.67 bits per heavy atom. The highest BCUT2D eigenvalue weighted by molar-refractivity contribution is 9.10. The van der Waals surface area contributed by atoms with E-state index >= 15 is 0 Å². The second-order valence-electron chi connectivity index (χ2n) is 6.16. The molecule has 1 heterocycles. The molecule has 2 unspecified atom stereocenters. The fourth-order valence-corrected chi connectivity index (χ4v) is 4.23. The molecule has 0 saturated heterocycles. The predicted molar refractivity (Wildman–Crippen MR) is 86.4 cm³/mol. The number of rotatable bonds is 6. The van der Waals surface area contributed by atoms with Crippen LogP contribution >= 0.6 is 15.9 Å². The summed E-state index contributed by atoms with van der Waals surface area (Å²) in [6.07, 6.45) is 5.12. The van der Waals surface area contributed by atoms with Gasteiger partial charge in [-0.3, -0.25) is 9.48 Å². The maximum atomic E-state index is 11.9. The van der Waals surface area contributed by atoms with E-state index in [0.717, 1.165) is 54.5 Å².